The van der Waals surface area contributed by atoms with Crippen LogP contribution in [-0.2, 0) is 4.74 Å². The molecule has 2 fully saturated rings. The predicted octanol–water partition coefficient (Wildman–Crippen LogP) is 0.313. The second-order valence-corrected chi connectivity index (χ2v) is 5.18. The monoisotopic (exact) mass is 261 g/mol. The number of nitrogens with one attached hydrogen (secondary N) is 1. The summed E-state index contributed by atoms with van der Waals surface area (Å²) in [5.41, 5.74) is 1.72. The number of hydrogen-bond donors (Lipinski definition) is 1. The molecule has 2 heterocycles. The van der Waals surface area contributed by atoms with Crippen molar-refractivity contribution < 1.29 is 9.31 Å². The average Bonchev–Trinajstić information content (AvgIpc) is 2.36. The Labute approximate surface area is 114 Å². The lowest BCUT2D eigenvalue weighted by Crippen LogP contribution is -2.57. The molecule has 1 N–H and O–H groups in total. The highest BCUT2D eigenvalue weighted by Gasteiger charge is 2.30. The molecule has 0 spiro atoms. The summed E-state index contributed by atoms with van der Waals surface area (Å²) in [5, 5.41) is 12.5. The minimum absolute atomic E-state index is 0.251. The standard InChI is InChI=1S/C14H21N4O/c1-11(4-12(5-15)8-17(2)3)18-9-13-6-16-7-14(10-18)19-13/h4,8,13-14,16H,2,6-7,9-10H2,1,3H3/q+1. The molecule has 0 radical (unpaired) electrons. The van der Waals surface area contributed by atoms with Crippen LogP contribution < -0.4 is 5.32 Å². The second-order valence-electron chi connectivity index (χ2n) is 5.18. The Morgan fingerprint density at radius 2 is 2.11 bits per heavy atom. The molecule has 0 aromatic heterocycles. The van der Waals surface area contributed by atoms with Gasteiger partial charge in [-0.2, -0.15) is 5.26 Å². The third-order valence-corrected chi connectivity index (χ3v) is 3.33. The van der Waals surface area contributed by atoms with Gasteiger partial charge in [-0.25, -0.2) is 4.58 Å². The second kappa shape index (κ2) is 6.00. The van der Waals surface area contributed by atoms with Gasteiger partial charge in [0, 0.05) is 31.9 Å². The Morgan fingerprint density at radius 3 is 2.63 bits per heavy atom. The number of hydrogen-bond acceptors (Lipinski definition) is 4. The Kier molecular flexibility index (Phi) is 4.35. The predicted molar refractivity (Wildman–Crippen MR) is 73.9 cm³/mol. The van der Waals surface area contributed by atoms with Crippen LogP contribution in [0.4, 0.5) is 0 Å². The molecule has 2 atom stereocenters. The first-order valence-corrected chi connectivity index (χ1v) is 6.53. The van der Waals surface area contributed by atoms with E-state index in [-0.39, 0.29) is 12.2 Å². The third-order valence-electron chi connectivity index (χ3n) is 3.33. The van der Waals surface area contributed by atoms with Crippen molar-refractivity contribution in [2.45, 2.75) is 19.1 Å². The number of allylic oxidation sites excluding steroid dienone is 3. The highest BCUT2D eigenvalue weighted by molar-refractivity contribution is 5.34. The Morgan fingerprint density at radius 1 is 1.47 bits per heavy atom. The summed E-state index contributed by atoms with van der Waals surface area (Å²) >= 11 is 0. The molecule has 0 aromatic carbocycles. The molecule has 5 heteroatoms. The molecule has 102 valence electrons. The topological polar surface area (TPSA) is 51.3 Å². The molecule has 0 saturated carbocycles. The summed E-state index contributed by atoms with van der Waals surface area (Å²) < 4.78 is 7.51. The van der Waals surface area contributed by atoms with Crippen LogP contribution >= 0.6 is 0 Å². The molecule has 0 aromatic rings. The van der Waals surface area contributed by atoms with E-state index in [1.165, 1.54) is 0 Å². The van der Waals surface area contributed by atoms with Crippen LogP contribution in [0.1, 0.15) is 6.92 Å². The van der Waals surface area contributed by atoms with E-state index in [4.69, 9.17) is 10.00 Å². The van der Waals surface area contributed by atoms with Crippen molar-refractivity contribution in [1.29, 1.82) is 5.26 Å². The third kappa shape index (κ3) is 3.66. The number of ether oxygens (including phenoxy) is 1. The van der Waals surface area contributed by atoms with Crippen molar-refractivity contribution in [3.8, 4) is 6.07 Å². The Hall–Kier alpha value is -1.64. The van der Waals surface area contributed by atoms with Crippen LogP contribution in [0.2, 0.25) is 0 Å². The molecule has 2 bridgehead atoms. The molecule has 2 aliphatic heterocycles. The fraction of sp³-hybridized carbons (Fsp3) is 0.571. The van der Waals surface area contributed by atoms with E-state index in [0.717, 1.165) is 31.9 Å². The van der Waals surface area contributed by atoms with Gasteiger partial charge in [0.05, 0.1) is 12.2 Å². The molecule has 0 aliphatic carbocycles. The minimum atomic E-state index is 0.251. The van der Waals surface area contributed by atoms with Crippen molar-refractivity contribution >= 4 is 6.72 Å². The minimum Gasteiger partial charge on any atom is -0.370 e. The highest BCUT2D eigenvalue weighted by Crippen LogP contribution is 2.19. The van der Waals surface area contributed by atoms with E-state index >= 15 is 0 Å². The zero-order valence-corrected chi connectivity index (χ0v) is 11.6. The van der Waals surface area contributed by atoms with E-state index in [0.29, 0.717) is 5.57 Å². The van der Waals surface area contributed by atoms with Gasteiger partial charge in [0.25, 0.3) is 0 Å². The normalized spacial score (nSPS) is 27.9. The fourth-order valence-electron chi connectivity index (χ4n) is 2.50. The van der Waals surface area contributed by atoms with Gasteiger partial charge in [-0.05, 0) is 13.0 Å². The molecule has 2 aliphatic rings. The van der Waals surface area contributed by atoms with E-state index in [1.807, 2.05) is 20.0 Å². The van der Waals surface area contributed by atoms with Crippen molar-refractivity contribution in [1.82, 2.24) is 10.2 Å². The first kappa shape index (κ1) is 13.8. The van der Waals surface area contributed by atoms with Crippen LogP contribution in [0, 0.1) is 11.3 Å². The Bertz CT molecular complexity index is 449. The van der Waals surface area contributed by atoms with Gasteiger partial charge < -0.3 is 15.0 Å². The highest BCUT2D eigenvalue weighted by atomic mass is 16.5. The van der Waals surface area contributed by atoms with Crippen molar-refractivity contribution in [3.05, 3.63) is 23.5 Å². The first-order valence-electron chi connectivity index (χ1n) is 6.53. The molecule has 2 saturated heterocycles. The van der Waals surface area contributed by atoms with Gasteiger partial charge in [-0.1, -0.05) is 0 Å². The van der Waals surface area contributed by atoms with Crippen molar-refractivity contribution in [2.24, 2.45) is 0 Å². The van der Waals surface area contributed by atoms with Crippen LogP contribution in [0.3, 0.4) is 0 Å². The molecular formula is C14H21N4O+. The number of fused-ring (bicyclic) bond motifs is 2. The fourth-order valence-corrected chi connectivity index (χ4v) is 2.50. The van der Waals surface area contributed by atoms with Crippen LogP contribution in [0.5, 0.6) is 0 Å². The maximum atomic E-state index is 9.11. The van der Waals surface area contributed by atoms with Gasteiger partial charge in [-0.15, -0.1) is 0 Å². The number of morpholine rings is 2. The van der Waals surface area contributed by atoms with Crippen molar-refractivity contribution in [3.63, 3.8) is 0 Å². The molecule has 2 rings (SSSR count). The summed E-state index contributed by atoms with van der Waals surface area (Å²) in [5.74, 6) is 0. The van der Waals surface area contributed by atoms with Gasteiger partial charge in [0.2, 0.25) is 0 Å². The summed E-state index contributed by atoms with van der Waals surface area (Å²) in [6.45, 7) is 9.34. The summed E-state index contributed by atoms with van der Waals surface area (Å²) in [7, 11) is 1.81. The van der Waals surface area contributed by atoms with E-state index in [2.05, 4.69) is 23.0 Å². The lowest BCUT2D eigenvalue weighted by molar-refractivity contribution is -0.412. The zero-order valence-electron chi connectivity index (χ0n) is 11.6. The van der Waals surface area contributed by atoms with Gasteiger partial charge >= 0.3 is 0 Å². The lowest BCUT2D eigenvalue weighted by atomic mass is 10.1. The van der Waals surface area contributed by atoms with E-state index in [1.54, 1.807) is 10.8 Å². The zero-order chi connectivity index (χ0) is 13.8. The quantitative estimate of drug-likeness (QED) is 0.344. The average molecular weight is 261 g/mol. The van der Waals surface area contributed by atoms with Gasteiger partial charge in [-0.3, -0.25) is 0 Å². The van der Waals surface area contributed by atoms with E-state index in [9.17, 15) is 0 Å². The molecule has 2 unspecified atom stereocenters. The van der Waals surface area contributed by atoms with Crippen LogP contribution in [0.25, 0.3) is 0 Å². The number of nitriles is 1. The smallest absolute Gasteiger partial charge is 0.185 e. The number of nitrogens with zero attached hydrogens (tertiary/aromatic N) is 3. The lowest BCUT2D eigenvalue weighted by Gasteiger charge is -2.43. The molecule has 0 amide bonds. The molecule has 5 nitrogen and oxygen atoms in total. The first-order chi connectivity index (χ1) is 9.08. The van der Waals surface area contributed by atoms with Crippen LogP contribution in [-0.4, -0.2) is 61.6 Å². The summed E-state index contributed by atoms with van der Waals surface area (Å²) in [6, 6.07) is 2.19. The van der Waals surface area contributed by atoms with Crippen LogP contribution in [0.15, 0.2) is 23.5 Å². The molecule has 19 heavy (non-hydrogen) atoms. The number of rotatable bonds is 3. The Balaban J connectivity index is 2.08. The largest absolute Gasteiger partial charge is 0.370 e. The maximum Gasteiger partial charge on any atom is 0.185 e. The van der Waals surface area contributed by atoms with Gasteiger partial charge in [0.15, 0.2) is 6.20 Å². The van der Waals surface area contributed by atoms with Gasteiger partial charge in [0.1, 0.15) is 25.4 Å². The van der Waals surface area contributed by atoms with Crippen molar-refractivity contribution in [2.75, 3.05) is 33.2 Å². The summed E-state index contributed by atoms with van der Waals surface area (Å²) in [4.78, 5) is 2.30. The molecular weight excluding hydrogens is 240 g/mol. The maximum absolute atomic E-state index is 9.11. The van der Waals surface area contributed by atoms with E-state index < -0.39 is 0 Å². The summed E-state index contributed by atoms with van der Waals surface area (Å²) in [6.07, 6.45) is 4.14. The SMILES string of the molecule is C=[N+](C)C=C(C#N)C=C(C)N1CC2CNCC(C1)O2.